The van der Waals surface area contributed by atoms with Crippen molar-refractivity contribution in [1.29, 1.82) is 0 Å². The van der Waals surface area contributed by atoms with E-state index in [1.807, 2.05) is 137 Å². The van der Waals surface area contributed by atoms with Crippen molar-refractivity contribution in [1.82, 2.24) is 41.3 Å². The van der Waals surface area contributed by atoms with E-state index >= 15 is 0 Å². The van der Waals surface area contributed by atoms with E-state index in [1.165, 1.54) is 70.7 Å². The Morgan fingerprint density at radius 2 is 0.671 bits per heavy atom. The first kappa shape index (κ1) is 113. The minimum absolute atomic E-state index is 0.0370. The number of benzene rings is 9. The molecule has 0 aromatic heterocycles. The van der Waals surface area contributed by atoms with Crippen LogP contribution in [-0.4, -0.2) is 215 Å². The Labute approximate surface area is 855 Å². The molecule has 6 atom stereocenters. The van der Waals surface area contributed by atoms with Crippen molar-refractivity contribution in [3.05, 3.63) is 340 Å². The topological polar surface area (TPSA) is 454 Å². The van der Waals surface area contributed by atoms with Crippen LogP contribution in [-0.2, 0) is 105 Å². The minimum atomic E-state index is -6.85. The van der Waals surface area contributed by atoms with Crippen LogP contribution < -0.4 is 40.8 Å². The molecule has 0 saturated carbocycles. The zero-order chi connectivity index (χ0) is 106. The molecule has 34 nitrogen and oxygen atoms in total. The van der Waals surface area contributed by atoms with Crippen LogP contribution in [0.4, 0.5) is 39.5 Å². The number of amides is 8. The van der Waals surface area contributed by atoms with Gasteiger partial charge in [-0.25, -0.2) is 14.4 Å². The van der Waals surface area contributed by atoms with Crippen LogP contribution in [0.25, 0.3) is 0 Å². The van der Waals surface area contributed by atoms with E-state index in [4.69, 9.17) is 28.4 Å². The number of alkyl halides is 9. The summed E-state index contributed by atoms with van der Waals surface area (Å²) in [4.78, 5) is 144. The number of nitrogens with one attached hydrogen (secondary N) is 5. The third kappa shape index (κ3) is 30.2. The fourth-order valence-corrected chi connectivity index (χ4v) is 22.0. The number of carbonyl (C=O) groups excluding carboxylic acids is 11. The van der Waals surface area contributed by atoms with E-state index in [9.17, 15) is 123 Å². The Balaban J connectivity index is 0.000000190. The molecule has 6 N–H and O–H groups in total. The lowest BCUT2D eigenvalue weighted by molar-refractivity contribution is -0.155. The maximum Gasteiger partial charge on any atom is 0.534 e. The quantitative estimate of drug-likeness (QED) is 0.00227. The van der Waals surface area contributed by atoms with Crippen molar-refractivity contribution in [3.63, 3.8) is 0 Å². The predicted octanol–water partition coefficient (Wildman–Crippen LogP) is 12.7. The Kier molecular flexibility index (Phi) is 39.9. The second-order valence-electron chi connectivity index (χ2n) is 30.4. The average Bonchev–Trinajstić information content (AvgIpc) is 0.741. The first-order chi connectivity index (χ1) is 69.4. The van der Waals surface area contributed by atoms with Gasteiger partial charge in [0.1, 0.15) is 63.0 Å². The van der Waals surface area contributed by atoms with Crippen LogP contribution >= 0.6 is 71.4 Å². The SMILES string of the molecule is CC(=O)NCS.CC(=O)NCSCSC1=C(C(=O)OC(c2ccccc2)c2ccccc2)N2C(=O)[C@@H](NC(=O)COc3ccccc3)[C@H]2SC1.O=C(COc1ccccc1)N[C@@H]1C(=O)N2C(C(=O)OC(c3ccccc3)c3ccccc3)=C(O)CS[C@H]12.O=C(COc1ccccc1)N[C@@H]1C(=O)N2C(C(=O)OC(c3ccccc3)c3ccccc3)=C(OS(=O)(=O)C(F)(F)F)CS[C@H]12.O=S(=O)(OS(=O)(=O)C(F)(F)F)C(F)(F)F. The normalized spacial score (nSPS) is 17.4. The molecule has 15 rings (SSSR count). The average molecular weight is 2200 g/mol. The zero-order valence-electron chi connectivity index (χ0n) is 75.7. The lowest BCUT2D eigenvalue weighted by atomic mass is 10.0. The van der Waals surface area contributed by atoms with Crippen molar-refractivity contribution in [2.75, 3.05) is 53.9 Å². The first-order valence-electron chi connectivity index (χ1n) is 42.6. The highest BCUT2D eigenvalue weighted by atomic mass is 32.3. The molecule has 3 fully saturated rings. The number of esters is 3. The number of rotatable bonds is 34. The lowest BCUT2D eigenvalue weighted by Crippen LogP contribution is -2.71. The molecule has 6 aliphatic heterocycles. The molecule has 52 heteroatoms. The van der Waals surface area contributed by atoms with Gasteiger partial charge in [-0.15, -0.1) is 62.4 Å². The van der Waals surface area contributed by atoms with E-state index in [2.05, 4.69) is 43.4 Å². The van der Waals surface area contributed by atoms with Gasteiger partial charge in [0, 0.05) is 29.6 Å². The van der Waals surface area contributed by atoms with Gasteiger partial charge in [0.15, 0.2) is 55.3 Å². The van der Waals surface area contributed by atoms with Crippen LogP contribution in [0.1, 0.15) is 65.5 Å². The maximum atomic E-state index is 14.0. The highest BCUT2D eigenvalue weighted by Crippen LogP contribution is 2.48. The molecule has 0 radical (unpaired) electrons. The summed E-state index contributed by atoms with van der Waals surface area (Å²) < 4.78 is 212. The summed E-state index contributed by atoms with van der Waals surface area (Å²) >= 11 is 10.2. The number of ether oxygens (including phenoxy) is 6. The summed E-state index contributed by atoms with van der Waals surface area (Å²) in [5.41, 5.74) is -15.0. The van der Waals surface area contributed by atoms with Crippen LogP contribution in [0.5, 0.6) is 17.2 Å². The van der Waals surface area contributed by atoms with E-state index in [1.54, 1.807) is 140 Å². The number of aliphatic hydroxyl groups excluding tert-OH is 1. The van der Waals surface area contributed by atoms with Crippen LogP contribution in [0.3, 0.4) is 0 Å². The lowest BCUT2D eigenvalue weighted by Gasteiger charge is -2.49. The number of para-hydroxylation sites is 3. The molecule has 0 aliphatic carbocycles. The van der Waals surface area contributed by atoms with Crippen molar-refractivity contribution < 1.29 is 159 Å². The highest BCUT2D eigenvalue weighted by Gasteiger charge is 2.61. The highest BCUT2D eigenvalue weighted by molar-refractivity contribution is 8.18. The predicted molar refractivity (Wildman–Crippen MR) is 521 cm³/mol. The number of hydrogen-bond donors (Lipinski definition) is 7. The third-order valence-corrected chi connectivity index (χ3v) is 30.1. The number of aliphatic hydroxyl groups is 1. The van der Waals surface area contributed by atoms with E-state index in [-0.39, 0.29) is 53.8 Å². The number of thiol groups is 1. The van der Waals surface area contributed by atoms with Gasteiger partial charge < -0.3 is 64.3 Å². The summed E-state index contributed by atoms with van der Waals surface area (Å²) in [6, 6.07) is 77.6. The molecule has 9 aromatic carbocycles. The Hall–Kier alpha value is -13.4. The van der Waals surface area contributed by atoms with Gasteiger partial charge in [-0.05, 0) is 69.8 Å². The number of carbonyl (C=O) groups is 11. The van der Waals surface area contributed by atoms with Gasteiger partial charge in [0.05, 0.1) is 23.3 Å². The Morgan fingerprint density at radius 3 is 0.966 bits per heavy atom. The van der Waals surface area contributed by atoms with Gasteiger partial charge >= 0.3 is 64.8 Å². The van der Waals surface area contributed by atoms with Crippen LogP contribution in [0.2, 0.25) is 0 Å². The van der Waals surface area contributed by atoms with Crippen LogP contribution in [0.15, 0.2) is 307 Å². The molecular formula is C94H85F9N8O26S9. The number of hydrogen-bond acceptors (Lipinski definition) is 32. The molecule has 9 aromatic rings. The second kappa shape index (κ2) is 51.6. The molecule has 8 amide bonds. The van der Waals surface area contributed by atoms with Gasteiger partial charge in [-0.1, -0.05) is 237 Å². The fraction of sp³-hybridized carbons (Fsp3) is 0.245. The van der Waals surface area contributed by atoms with Crippen LogP contribution in [0, 0.1) is 0 Å². The summed E-state index contributed by atoms with van der Waals surface area (Å²) in [6.45, 7) is 1.98. The van der Waals surface area contributed by atoms with Crippen molar-refractivity contribution in [3.8, 4) is 17.2 Å². The number of fused-ring (bicyclic) bond motifs is 3. The summed E-state index contributed by atoms with van der Waals surface area (Å²) in [6.07, 6.45) is -2.49. The molecule has 0 bridgehead atoms. The van der Waals surface area contributed by atoms with Gasteiger partial charge in [-0.2, -0.15) is 77.4 Å². The molecule has 6 aliphatic rings. The number of nitrogens with zero attached hydrogens (tertiary/aromatic N) is 3. The Morgan fingerprint density at radius 1 is 0.397 bits per heavy atom. The van der Waals surface area contributed by atoms with E-state index in [0.29, 0.717) is 55.9 Å². The largest absolute Gasteiger partial charge is 0.534 e. The maximum absolute atomic E-state index is 14.0. The zero-order valence-corrected chi connectivity index (χ0v) is 83.1. The molecule has 6 heterocycles. The number of thioether (sulfide) groups is 5. The summed E-state index contributed by atoms with van der Waals surface area (Å²) in [5, 5.41) is 22.2. The standard InChI is InChI=1S/C32H31N3O6S3.C29H23F3N2O8S2.C28H24N2O6S.C3H7NOS.C2F6O5S2/c1-21(36)33-19-42-20-44-25-18-43-31-27(34-26(37)17-40-24-15-9-4-10-16-24)30(38)35(31)28(25)32(39)41-29(22-11-5-2-6-12-22)23-13-7-3-8-14-23;30-29(31,32)44(38,39)42-21-17-43-27-23(33-22(35)16-40-20-14-8-3-9-15-20)26(36)34(27)24(21)28(37)41-25(18-10-4-1-5-11-18)19-12-6-2-7-13-19;31-21-17-37-27-23(29-22(32)16-35-20-14-8-3-9-15-20)26(33)30(27)24(21)28(34)36-25(18-10-4-1-5-11-18)19-12-6-2-7-13-19;1-3(5)4-2-6;3-1(4,5)14(9,10)13-15(11,12)2(6,7)8/h2-16,27,29,31H,17-20H2,1H3,(H,33,36)(H,34,37);1-15,23,25,27H,16-17H2,(H,33,35);1-15,23,25,27,31H,16-17H2,(H,29,32);6H,2H2,1H3,(H,4,5);/t27-,31-;2*23-,27-;;/m111../s1. The molecule has 0 spiro atoms. The van der Waals surface area contributed by atoms with Crippen molar-refractivity contribution >= 4 is 167 Å². The van der Waals surface area contributed by atoms with Gasteiger partial charge in [0.2, 0.25) is 11.8 Å². The van der Waals surface area contributed by atoms with Crippen molar-refractivity contribution in [2.45, 2.75) is 82.9 Å². The monoisotopic (exact) mass is 2200 g/mol. The fourth-order valence-electron chi connectivity index (χ4n) is 13.6. The third-order valence-electron chi connectivity index (χ3n) is 20.3. The molecule has 3 saturated heterocycles. The smallest absolute Gasteiger partial charge is 0.509 e. The summed E-state index contributed by atoms with van der Waals surface area (Å²) in [5.74, 6) is -5.04. The summed E-state index contributed by atoms with van der Waals surface area (Å²) in [7, 11) is -19.9. The number of β-lactam (4-membered cyclic amide) rings is 3. The van der Waals surface area contributed by atoms with Gasteiger partial charge in [0.25, 0.3) is 35.4 Å². The molecular weight excluding hydrogens is 2120 g/mol. The van der Waals surface area contributed by atoms with E-state index < -0.39 is 171 Å². The van der Waals surface area contributed by atoms with Gasteiger partial charge in [-0.3, -0.25) is 53.1 Å². The number of halogens is 9. The second-order valence-corrected chi connectivity index (χ2v) is 41.3. The molecule has 774 valence electrons. The Bertz CT molecular complexity index is 6430. The van der Waals surface area contributed by atoms with E-state index in [0.717, 1.165) is 38.9 Å². The molecule has 146 heavy (non-hydrogen) atoms. The first-order valence-corrected chi connectivity index (χ1v) is 52.7. The minimum Gasteiger partial charge on any atom is -0.509 e. The van der Waals surface area contributed by atoms with Crippen molar-refractivity contribution in [2.24, 2.45) is 0 Å². The molecule has 0 unspecified atom stereocenters.